The lowest BCUT2D eigenvalue weighted by atomic mass is 10.1. The van der Waals surface area contributed by atoms with E-state index in [1.807, 2.05) is 25.3 Å². The molecule has 0 radical (unpaired) electrons. The predicted molar refractivity (Wildman–Crippen MR) is 107 cm³/mol. The van der Waals surface area contributed by atoms with Gasteiger partial charge < -0.3 is 4.57 Å². The zero-order valence-electron chi connectivity index (χ0n) is 14.8. The lowest BCUT2D eigenvalue weighted by Gasteiger charge is -2.22. The van der Waals surface area contributed by atoms with Crippen LogP contribution in [0.3, 0.4) is 0 Å². The summed E-state index contributed by atoms with van der Waals surface area (Å²) in [5, 5.41) is 10.7. The molecule has 0 atom stereocenters. The van der Waals surface area contributed by atoms with Crippen LogP contribution in [0.5, 0.6) is 0 Å². The fourth-order valence-electron chi connectivity index (χ4n) is 3.21. The molecule has 0 bridgehead atoms. The van der Waals surface area contributed by atoms with E-state index in [4.69, 9.17) is 5.41 Å². The molecule has 2 aliphatic heterocycles. The van der Waals surface area contributed by atoms with E-state index in [0.29, 0.717) is 10.7 Å². The lowest BCUT2D eigenvalue weighted by Crippen LogP contribution is -2.35. The van der Waals surface area contributed by atoms with E-state index in [0.717, 1.165) is 22.6 Å². The number of hydrogen-bond donors (Lipinski definition) is 1. The Balaban J connectivity index is 1.78. The van der Waals surface area contributed by atoms with E-state index in [1.54, 1.807) is 17.2 Å². The Kier molecular flexibility index (Phi) is 3.92. The molecule has 0 spiro atoms. The van der Waals surface area contributed by atoms with E-state index < -0.39 is 0 Å². The summed E-state index contributed by atoms with van der Waals surface area (Å²) in [6, 6.07) is 10.4. The molecule has 130 valence electrons. The second kappa shape index (κ2) is 6.14. The van der Waals surface area contributed by atoms with Gasteiger partial charge in [0, 0.05) is 23.3 Å². The van der Waals surface area contributed by atoms with Crippen molar-refractivity contribution >= 4 is 34.7 Å². The summed E-state index contributed by atoms with van der Waals surface area (Å²) in [5.74, 6) is -0.195. The number of thioether (sulfide) groups is 1. The van der Waals surface area contributed by atoms with E-state index in [2.05, 4.69) is 40.7 Å². The van der Waals surface area contributed by atoms with Crippen molar-refractivity contribution in [3.63, 3.8) is 0 Å². The van der Waals surface area contributed by atoms with E-state index >= 15 is 0 Å². The van der Waals surface area contributed by atoms with Gasteiger partial charge in [-0.25, -0.2) is 0 Å². The number of rotatable bonds is 2. The predicted octanol–water partition coefficient (Wildman–Crippen LogP) is 4.18. The fraction of sp³-hybridized carbons (Fsp3) is 0.150. The summed E-state index contributed by atoms with van der Waals surface area (Å²) in [5.41, 5.74) is 5.63. The summed E-state index contributed by atoms with van der Waals surface area (Å²) >= 11 is 1.35. The molecular formula is C20H18N4OS. The molecule has 6 heteroatoms. The number of benzene rings is 1. The van der Waals surface area contributed by atoms with Crippen molar-refractivity contribution in [1.82, 2.24) is 9.47 Å². The number of amidine groups is 2. The molecule has 1 N–H and O–H groups in total. The van der Waals surface area contributed by atoms with Gasteiger partial charge in [0.25, 0.3) is 5.91 Å². The summed E-state index contributed by atoms with van der Waals surface area (Å²) in [7, 11) is 0. The smallest absolute Gasteiger partial charge is 0.283 e. The van der Waals surface area contributed by atoms with Crippen molar-refractivity contribution in [3.8, 4) is 5.69 Å². The number of nitrogens with zero attached hydrogens (tertiary/aromatic N) is 3. The number of aliphatic imine (C=N–C) groups is 1. The van der Waals surface area contributed by atoms with Gasteiger partial charge in [-0.3, -0.25) is 15.1 Å². The number of amides is 1. The van der Waals surface area contributed by atoms with Gasteiger partial charge >= 0.3 is 0 Å². The second-order valence-corrected chi connectivity index (χ2v) is 7.25. The van der Waals surface area contributed by atoms with Crippen LogP contribution in [0.15, 0.2) is 52.5 Å². The summed E-state index contributed by atoms with van der Waals surface area (Å²) in [6.45, 7) is 6.13. The molecule has 4 rings (SSSR count). The van der Waals surface area contributed by atoms with E-state index in [9.17, 15) is 4.79 Å². The van der Waals surface area contributed by atoms with Gasteiger partial charge in [-0.15, -0.1) is 0 Å². The second-order valence-electron chi connectivity index (χ2n) is 6.38. The van der Waals surface area contributed by atoms with Crippen LogP contribution < -0.4 is 0 Å². The van der Waals surface area contributed by atoms with Gasteiger partial charge in [-0.2, -0.15) is 4.99 Å². The molecule has 1 aromatic carbocycles. The van der Waals surface area contributed by atoms with Gasteiger partial charge in [0.05, 0.1) is 5.57 Å². The normalized spacial score (nSPS) is 17.9. The zero-order valence-corrected chi connectivity index (χ0v) is 15.6. The van der Waals surface area contributed by atoms with Crippen molar-refractivity contribution in [3.05, 3.63) is 70.0 Å². The van der Waals surface area contributed by atoms with Crippen molar-refractivity contribution in [2.24, 2.45) is 4.99 Å². The third kappa shape index (κ3) is 2.63. The minimum Gasteiger partial charge on any atom is -0.318 e. The van der Waals surface area contributed by atoms with Gasteiger partial charge in [0.2, 0.25) is 0 Å². The van der Waals surface area contributed by atoms with E-state index in [-0.39, 0.29) is 11.7 Å². The lowest BCUT2D eigenvalue weighted by molar-refractivity contribution is -0.114. The number of fused-ring (bicyclic) bond motifs is 1. The van der Waals surface area contributed by atoms with Crippen LogP contribution in [0.1, 0.15) is 22.5 Å². The molecule has 0 fully saturated rings. The molecule has 0 saturated heterocycles. The Morgan fingerprint density at radius 3 is 2.62 bits per heavy atom. The van der Waals surface area contributed by atoms with E-state index in [1.165, 1.54) is 17.3 Å². The van der Waals surface area contributed by atoms with Crippen LogP contribution in [0, 0.1) is 26.2 Å². The average molecular weight is 362 g/mol. The number of nitrogens with one attached hydrogen (secondary N) is 1. The number of aromatic nitrogens is 1. The Hall–Kier alpha value is -2.86. The molecule has 1 aromatic heterocycles. The number of aryl methyl sites for hydroxylation is 2. The third-order valence-corrected chi connectivity index (χ3v) is 5.33. The van der Waals surface area contributed by atoms with Crippen molar-refractivity contribution in [2.45, 2.75) is 20.8 Å². The summed E-state index contributed by atoms with van der Waals surface area (Å²) < 4.78 is 2.16. The van der Waals surface area contributed by atoms with Crippen molar-refractivity contribution in [1.29, 1.82) is 5.41 Å². The molecule has 0 unspecified atom stereocenters. The molecule has 5 nitrogen and oxygen atoms in total. The molecule has 1 amide bonds. The minimum atomic E-state index is -0.363. The molecule has 0 aliphatic carbocycles. The number of hydrogen-bond acceptors (Lipinski definition) is 3. The number of carbonyl (C=O) groups excluding carboxylic acids is 1. The standard InChI is InChI=1S/C20H18N4OS/c1-12-4-6-16(7-5-12)24-13(2)10-15(14(24)3)11-17-18(21)23-8-9-26-20(23)22-19(17)25/h4-11,21H,1-3H3/b17-11-,21-18?. The third-order valence-electron chi connectivity index (χ3n) is 4.58. The Bertz CT molecular complexity index is 1020. The highest BCUT2D eigenvalue weighted by atomic mass is 32.2. The molecule has 26 heavy (non-hydrogen) atoms. The average Bonchev–Trinajstić information content (AvgIpc) is 3.17. The highest BCUT2D eigenvalue weighted by Gasteiger charge is 2.31. The van der Waals surface area contributed by atoms with Crippen LogP contribution in [0.2, 0.25) is 0 Å². The van der Waals surface area contributed by atoms with Crippen LogP contribution in [-0.2, 0) is 4.79 Å². The highest BCUT2D eigenvalue weighted by Crippen LogP contribution is 2.29. The largest absolute Gasteiger partial charge is 0.318 e. The topological polar surface area (TPSA) is 61.5 Å². The van der Waals surface area contributed by atoms with Gasteiger partial charge in [0.15, 0.2) is 5.17 Å². The molecule has 2 aliphatic rings. The van der Waals surface area contributed by atoms with Crippen molar-refractivity contribution in [2.75, 3.05) is 0 Å². The van der Waals surface area contributed by atoms with Gasteiger partial charge in [0.1, 0.15) is 5.84 Å². The Morgan fingerprint density at radius 2 is 1.88 bits per heavy atom. The summed E-state index contributed by atoms with van der Waals surface area (Å²) in [6.07, 6.45) is 3.54. The number of carbonyl (C=O) groups is 1. The molecular weight excluding hydrogens is 344 g/mol. The van der Waals surface area contributed by atoms with Crippen LogP contribution in [0.25, 0.3) is 11.8 Å². The zero-order chi connectivity index (χ0) is 18.4. The maximum Gasteiger partial charge on any atom is 0.283 e. The van der Waals surface area contributed by atoms with Crippen LogP contribution in [0.4, 0.5) is 0 Å². The first kappa shape index (κ1) is 16.6. The summed E-state index contributed by atoms with van der Waals surface area (Å²) in [4.78, 5) is 18.1. The Labute approximate surface area is 156 Å². The first-order valence-electron chi connectivity index (χ1n) is 8.28. The Morgan fingerprint density at radius 1 is 1.15 bits per heavy atom. The quantitative estimate of drug-likeness (QED) is 0.815. The maximum atomic E-state index is 12.4. The minimum absolute atomic E-state index is 0.168. The molecule has 0 saturated carbocycles. The SMILES string of the molecule is Cc1ccc(-n2c(C)cc(/C=C3/C(=N)N4C=CSC4=NC3=O)c2C)cc1. The molecule has 3 heterocycles. The monoisotopic (exact) mass is 362 g/mol. The first-order valence-corrected chi connectivity index (χ1v) is 9.16. The van der Waals surface area contributed by atoms with Gasteiger partial charge in [-0.05, 0) is 56.0 Å². The van der Waals surface area contributed by atoms with Crippen molar-refractivity contribution < 1.29 is 4.79 Å². The molecule has 2 aromatic rings. The van der Waals surface area contributed by atoms with Crippen LogP contribution >= 0.6 is 11.8 Å². The fourth-order valence-corrected chi connectivity index (χ4v) is 3.92. The van der Waals surface area contributed by atoms with Gasteiger partial charge in [-0.1, -0.05) is 29.5 Å². The first-order chi connectivity index (χ1) is 12.5. The maximum absolute atomic E-state index is 12.4. The highest BCUT2D eigenvalue weighted by molar-refractivity contribution is 8.16. The van der Waals surface area contributed by atoms with Crippen LogP contribution in [-0.4, -0.2) is 26.4 Å².